The fraction of sp³-hybridized carbons (Fsp3) is 0.562. The second-order valence-electron chi connectivity index (χ2n) is 6.21. The Balaban J connectivity index is 1.59. The zero-order chi connectivity index (χ0) is 17.4. The number of alkyl halides is 3. The fourth-order valence-corrected chi connectivity index (χ4v) is 2.89. The van der Waals surface area contributed by atoms with Crippen molar-refractivity contribution < 1.29 is 18.0 Å². The van der Waals surface area contributed by atoms with Crippen LogP contribution in [-0.2, 0) is 11.0 Å². The number of rotatable bonds is 3. The van der Waals surface area contributed by atoms with Crippen molar-refractivity contribution in [3.05, 3.63) is 18.0 Å². The van der Waals surface area contributed by atoms with Crippen molar-refractivity contribution in [3.8, 4) is 12.3 Å². The third-order valence-corrected chi connectivity index (χ3v) is 4.56. The molecule has 0 aromatic carbocycles. The predicted octanol–water partition coefficient (Wildman–Crippen LogP) is 1.95. The monoisotopic (exact) mass is 338 g/mol. The van der Waals surface area contributed by atoms with Gasteiger partial charge in [0, 0.05) is 45.0 Å². The fourth-order valence-electron chi connectivity index (χ4n) is 2.89. The summed E-state index contributed by atoms with van der Waals surface area (Å²) in [7, 11) is 0. The number of hydrogen-bond acceptors (Lipinski definition) is 4. The highest BCUT2D eigenvalue weighted by Gasteiger charge is 2.51. The van der Waals surface area contributed by atoms with E-state index in [2.05, 4.69) is 15.9 Å². The van der Waals surface area contributed by atoms with Crippen molar-refractivity contribution in [2.24, 2.45) is 5.41 Å². The second-order valence-corrected chi connectivity index (χ2v) is 6.21. The zero-order valence-electron chi connectivity index (χ0n) is 13.0. The molecule has 1 aliphatic carbocycles. The summed E-state index contributed by atoms with van der Waals surface area (Å²) in [6.45, 7) is 1.97. The Morgan fingerprint density at radius 3 is 2.25 bits per heavy atom. The summed E-state index contributed by atoms with van der Waals surface area (Å²) in [6, 6.07) is 0. The third-order valence-electron chi connectivity index (χ3n) is 4.56. The lowest BCUT2D eigenvalue weighted by atomic mass is 10.0. The van der Waals surface area contributed by atoms with E-state index < -0.39 is 11.7 Å². The van der Waals surface area contributed by atoms with Gasteiger partial charge in [-0.3, -0.25) is 4.79 Å². The van der Waals surface area contributed by atoms with Crippen LogP contribution in [0.3, 0.4) is 0 Å². The van der Waals surface area contributed by atoms with Gasteiger partial charge in [-0.05, 0) is 12.8 Å². The molecule has 2 heterocycles. The van der Waals surface area contributed by atoms with Crippen LogP contribution in [0.25, 0.3) is 0 Å². The molecule has 2 aliphatic rings. The molecule has 0 spiro atoms. The molecule has 0 unspecified atom stereocenters. The molecule has 1 aromatic heterocycles. The lowest BCUT2D eigenvalue weighted by Crippen LogP contribution is -2.51. The second kappa shape index (κ2) is 5.96. The lowest BCUT2D eigenvalue weighted by Gasteiger charge is -2.36. The number of hydrogen-bond donors (Lipinski definition) is 0. The van der Waals surface area contributed by atoms with Gasteiger partial charge >= 0.3 is 6.18 Å². The standard InChI is InChI=1S/C16H17F3N4O/c1-2-3-15(4-5-15)13(24)22-6-8-23(9-7-22)14-20-10-12(11-21-14)16(17,18)19/h1,10-11H,3-9H2. The molecule has 5 nitrogen and oxygen atoms in total. The van der Waals surface area contributed by atoms with Crippen LogP contribution in [-0.4, -0.2) is 47.0 Å². The first-order chi connectivity index (χ1) is 11.4. The van der Waals surface area contributed by atoms with Gasteiger partial charge in [0.1, 0.15) is 0 Å². The lowest BCUT2D eigenvalue weighted by molar-refractivity contribution is -0.138. The van der Waals surface area contributed by atoms with E-state index in [0.29, 0.717) is 32.6 Å². The van der Waals surface area contributed by atoms with E-state index in [4.69, 9.17) is 6.42 Å². The highest BCUT2D eigenvalue weighted by molar-refractivity contribution is 5.86. The van der Waals surface area contributed by atoms with E-state index in [-0.39, 0.29) is 17.3 Å². The Labute approximate surface area is 137 Å². The quantitative estimate of drug-likeness (QED) is 0.791. The number of carbonyl (C=O) groups is 1. The maximum absolute atomic E-state index is 12.5. The van der Waals surface area contributed by atoms with Crippen LogP contribution in [0.2, 0.25) is 0 Å². The molecular weight excluding hydrogens is 321 g/mol. The average molecular weight is 338 g/mol. The molecule has 1 aromatic rings. The van der Waals surface area contributed by atoms with Crippen LogP contribution in [0, 0.1) is 17.8 Å². The summed E-state index contributed by atoms with van der Waals surface area (Å²) in [6.07, 6.45) is 4.59. The summed E-state index contributed by atoms with van der Waals surface area (Å²) < 4.78 is 37.6. The number of carbonyl (C=O) groups excluding carboxylic acids is 1. The van der Waals surface area contributed by atoms with Crippen LogP contribution >= 0.6 is 0 Å². The Morgan fingerprint density at radius 1 is 1.21 bits per heavy atom. The largest absolute Gasteiger partial charge is 0.419 e. The number of terminal acetylenes is 1. The first kappa shape index (κ1) is 16.6. The van der Waals surface area contributed by atoms with Crippen molar-refractivity contribution in [1.82, 2.24) is 14.9 Å². The minimum Gasteiger partial charge on any atom is -0.339 e. The van der Waals surface area contributed by atoms with Crippen molar-refractivity contribution in [1.29, 1.82) is 0 Å². The topological polar surface area (TPSA) is 49.3 Å². The molecule has 1 amide bonds. The van der Waals surface area contributed by atoms with Gasteiger partial charge < -0.3 is 9.80 Å². The molecule has 0 bridgehead atoms. The predicted molar refractivity (Wildman–Crippen MR) is 80.9 cm³/mol. The maximum Gasteiger partial charge on any atom is 0.419 e. The molecule has 2 fully saturated rings. The van der Waals surface area contributed by atoms with Gasteiger partial charge in [-0.15, -0.1) is 12.3 Å². The molecular formula is C16H17F3N4O. The van der Waals surface area contributed by atoms with Crippen molar-refractivity contribution in [2.45, 2.75) is 25.4 Å². The van der Waals surface area contributed by atoms with Gasteiger partial charge in [0.2, 0.25) is 11.9 Å². The third kappa shape index (κ3) is 3.16. The summed E-state index contributed by atoms with van der Waals surface area (Å²) >= 11 is 0. The Bertz CT molecular complexity index is 653. The Kier molecular flexibility index (Phi) is 4.11. The number of aromatic nitrogens is 2. The number of anilines is 1. The molecule has 8 heteroatoms. The van der Waals surface area contributed by atoms with Crippen molar-refractivity contribution >= 4 is 11.9 Å². The molecule has 0 radical (unpaired) electrons. The number of piperazine rings is 1. The van der Waals surface area contributed by atoms with Gasteiger partial charge in [0.15, 0.2) is 0 Å². The SMILES string of the molecule is C#CCC1(C(=O)N2CCN(c3ncc(C(F)(F)F)cn3)CC2)CC1. The number of halogens is 3. The molecule has 24 heavy (non-hydrogen) atoms. The minimum atomic E-state index is -4.45. The maximum atomic E-state index is 12.5. The van der Waals surface area contributed by atoms with E-state index in [1.807, 2.05) is 0 Å². The highest BCUT2D eigenvalue weighted by atomic mass is 19.4. The first-order valence-electron chi connectivity index (χ1n) is 7.73. The van der Waals surface area contributed by atoms with E-state index in [1.165, 1.54) is 0 Å². The Morgan fingerprint density at radius 2 is 1.79 bits per heavy atom. The van der Waals surface area contributed by atoms with Crippen LogP contribution in [0.15, 0.2) is 12.4 Å². The molecule has 0 atom stereocenters. The summed E-state index contributed by atoms with van der Waals surface area (Å²) in [5.74, 6) is 2.91. The van der Waals surface area contributed by atoms with Gasteiger partial charge in [0.05, 0.1) is 11.0 Å². The molecule has 3 rings (SSSR count). The average Bonchev–Trinajstić information content (AvgIpc) is 3.35. The van der Waals surface area contributed by atoms with Gasteiger partial charge in [-0.25, -0.2) is 9.97 Å². The summed E-state index contributed by atoms with van der Waals surface area (Å²) in [4.78, 5) is 23.7. The van der Waals surface area contributed by atoms with E-state index in [0.717, 1.165) is 25.2 Å². The van der Waals surface area contributed by atoms with Crippen LogP contribution in [0.1, 0.15) is 24.8 Å². The van der Waals surface area contributed by atoms with E-state index >= 15 is 0 Å². The van der Waals surface area contributed by atoms with Crippen LogP contribution in [0.5, 0.6) is 0 Å². The zero-order valence-corrected chi connectivity index (χ0v) is 13.0. The van der Waals surface area contributed by atoms with Crippen molar-refractivity contribution in [2.75, 3.05) is 31.1 Å². The van der Waals surface area contributed by atoms with Gasteiger partial charge in [0.25, 0.3) is 0 Å². The van der Waals surface area contributed by atoms with E-state index in [9.17, 15) is 18.0 Å². The molecule has 0 N–H and O–H groups in total. The van der Waals surface area contributed by atoms with Gasteiger partial charge in [-0.1, -0.05) is 0 Å². The molecule has 1 aliphatic heterocycles. The first-order valence-corrected chi connectivity index (χ1v) is 7.73. The number of nitrogens with zero attached hydrogens (tertiary/aromatic N) is 4. The van der Waals surface area contributed by atoms with Gasteiger partial charge in [-0.2, -0.15) is 13.2 Å². The van der Waals surface area contributed by atoms with Crippen molar-refractivity contribution in [3.63, 3.8) is 0 Å². The smallest absolute Gasteiger partial charge is 0.339 e. The molecule has 128 valence electrons. The summed E-state index contributed by atoms with van der Waals surface area (Å²) in [5.41, 5.74) is -1.24. The van der Waals surface area contributed by atoms with Crippen LogP contribution < -0.4 is 4.90 Å². The minimum absolute atomic E-state index is 0.0911. The normalized spacial score (nSPS) is 19.8. The van der Waals surface area contributed by atoms with E-state index in [1.54, 1.807) is 9.80 Å². The number of amides is 1. The highest BCUT2D eigenvalue weighted by Crippen LogP contribution is 2.50. The molecule has 1 saturated heterocycles. The summed E-state index contributed by atoms with van der Waals surface area (Å²) in [5, 5.41) is 0. The Hall–Kier alpha value is -2.30. The van der Waals surface area contributed by atoms with Crippen LogP contribution in [0.4, 0.5) is 19.1 Å². The molecule has 1 saturated carbocycles.